The number of aromatic nitrogens is 2. The zero-order valence-corrected chi connectivity index (χ0v) is 24.2. The fraction of sp³-hybridized carbons (Fsp3) is 0.462. The third-order valence-corrected chi connectivity index (χ3v) is 8.03. The molecule has 3 N–H and O–H groups in total. The fourth-order valence-electron chi connectivity index (χ4n) is 3.97. The Morgan fingerprint density at radius 2 is 2.05 bits per heavy atom. The third-order valence-electron chi connectivity index (χ3n) is 6.42. The number of allylic oxidation sites excluding steroid dienone is 1. The quantitative estimate of drug-likeness (QED) is 0.237. The Labute approximate surface area is 235 Å². The molecule has 13 heteroatoms. The molecule has 2 aromatic rings. The van der Waals surface area contributed by atoms with Crippen LogP contribution in [0.4, 0.5) is 0 Å². The van der Waals surface area contributed by atoms with Crippen LogP contribution in [0.2, 0.25) is 5.02 Å². The van der Waals surface area contributed by atoms with E-state index in [1.165, 1.54) is 10.6 Å². The van der Waals surface area contributed by atoms with E-state index in [0.29, 0.717) is 60.0 Å². The molecule has 0 spiro atoms. The van der Waals surface area contributed by atoms with Crippen molar-refractivity contribution in [3.63, 3.8) is 0 Å². The highest BCUT2D eigenvalue weighted by Crippen LogP contribution is 2.24. The summed E-state index contributed by atoms with van der Waals surface area (Å²) in [4.78, 5) is 8.63. The van der Waals surface area contributed by atoms with E-state index < -0.39 is 15.6 Å². The minimum atomic E-state index is -3.23. The van der Waals surface area contributed by atoms with E-state index in [4.69, 9.17) is 11.6 Å². The lowest BCUT2D eigenvalue weighted by atomic mass is 10.1. The van der Waals surface area contributed by atoms with Crippen molar-refractivity contribution in [3.05, 3.63) is 52.3 Å². The first-order valence-electron chi connectivity index (χ1n) is 12.4. The van der Waals surface area contributed by atoms with Crippen molar-refractivity contribution in [1.82, 2.24) is 24.7 Å². The van der Waals surface area contributed by atoms with E-state index in [2.05, 4.69) is 38.5 Å². The van der Waals surface area contributed by atoms with Gasteiger partial charge >= 0.3 is 0 Å². The number of rotatable bonds is 9. The zero-order valence-electron chi connectivity index (χ0n) is 22.6. The van der Waals surface area contributed by atoms with E-state index in [9.17, 15) is 18.8 Å². The summed E-state index contributed by atoms with van der Waals surface area (Å²) in [7, 11) is -3.23. The Morgan fingerprint density at radius 1 is 1.36 bits per heavy atom. The number of aliphatic hydroxyl groups is 1. The molecule has 210 valence electrons. The first-order chi connectivity index (χ1) is 18.4. The van der Waals surface area contributed by atoms with Gasteiger partial charge in [0.25, 0.3) is 0 Å². The van der Waals surface area contributed by atoms with Crippen molar-refractivity contribution < 1.29 is 13.5 Å². The van der Waals surface area contributed by atoms with E-state index >= 15 is 0 Å². The van der Waals surface area contributed by atoms with Crippen molar-refractivity contribution in [2.75, 3.05) is 26.0 Å². The van der Waals surface area contributed by atoms with Crippen LogP contribution in [-0.2, 0) is 16.6 Å². The first-order valence-corrected chi connectivity index (χ1v) is 14.7. The molecule has 3 rings (SSSR count). The highest BCUT2D eigenvalue weighted by atomic mass is 35.5. The molecule has 0 aliphatic carbocycles. The molecular weight excluding hydrogens is 540 g/mol. The molecule has 0 bridgehead atoms. The van der Waals surface area contributed by atoms with Crippen LogP contribution in [0.3, 0.4) is 0 Å². The Bertz CT molecular complexity index is 1400. The Kier molecular flexibility index (Phi) is 10.0. The number of nitrogens with one attached hydrogen (secondary N) is 2. The number of aliphatic hydroxyl groups excluding tert-OH is 1. The lowest BCUT2D eigenvalue weighted by Crippen LogP contribution is -2.42. The van der Waals surface area contributed by atoms with Gasteiger partial charge in [-0.2, -0.15) is 10.4 Å². The normalized spacial score (nSPS) is 16.5. The average Bonchev–Trinajstić information content (AvgIpc) is 3.38. The molecule has 0 radical (unpaired) electrons. The van der Waals surface area contributed by atoms with Crippen LogP contribution in [0, 0.1) is 11.3 Å². The lowest BCUT2D eigenvalue weighted by Gasteiger charge is -2.28. The molecule has 1 aromatic carbocycles. The third kappa shape index (κ3) is 8.20. The first kappa shape index (κ1) is 30.5. The monoisotopic (exact) mass is 574 g/mol. The van der Waals surface area contributed by atoms with Gasteiger partial charge in [-0.3, -0.25) is 0 Å². The molecule has 2 heterocycles. The zero-order chi connectivity index (χ0) is 28.8. The van der Waals surface area contributed by atoms with Crippen LogP contribution >= 0.6 is 11.6 Å². The van der Waals surface area contributed by atoms with Gasteiger partial charge in [0.2, 0.25) is 16.0 Å². The molecule has 0 amide bonds. The van der Waals surface area contributed by atoms with E-state index in [0.717, 1.165) is 5.56 Å². The smallest absolute Gasteiger partial charge is 0.222 e. The van der Waals surface area contributed by atoms with E-state index in [1.807, 2.05) is 32.0 Å². The topological polar surface area (TPSA) is 148 Å². The lowest BCUT2D eigenvalue weighted by molar-refractivity contribution is 0.187. The van der Waals surface area contributed by atoms with Gasteiger partial charge in [-0.1, -0.05) is 17.7 Å². The van der Waals surface area contributed by atoms with Crippen LogP contribution < -0.4 is 10.6 Å². The van der Waals surface area contributed by atoms with Gasteiger partial charge in [0.15, 0.2) is 0 Å². The van der Waals surface area contributed by atoms with Crippen LogP contribution in [0.15, 0.2) is 46.2 Å². The molecule has 39 heavy (non-hydrogen) atoms. The van der Waals surface area contributed by atoms with Crippen molar-refractivity contribution >= 4 is 40.0 Å². The maximum Gasteiger partial charge on any atom is 0.222 e. The van der Waals surface area contributed by atoms with Crippen molar-refractivity contribution in [2.45, 2.75) is 51.7 Å². The number of hydrogen-bond donors (Lipinski definition) is 3. The van der Waals surface area contributed by atoms with Crippen molar-refractivity contribution in [2.24, 2.45) is 9.98 Å². The maximum atomic E-state index is 11.8. The van der Waals surface area contributed by atoms with Crippen LogP contribution in [0.1, 0.15) is 44.7 Å². The largest absolute Gasteiger partial charge is 0.394 e. The number of aliphatic imine (C=N–C) groups is 2. The number of nitriles is 1. The van der Waals surface area contributed by atoms with Gasteiger partial charge in [0.05, 0.1) is 53.2 Å². The van der Waals surface area contributed by atoms with E-state index in [-0.39, 0.29) is 18.6 Å². The number of piperidine rings is 1. The second kappa shape index (κ2) is 12.8. The Morgan fingerprint density at radius 3 is 2.62 bits per heavy atom. The predicted molar refractivity (Wildman–Crippen MR) is 154 cm³/mol. The van der Waals surface area contributed by atoms with Crippen LogP contribution in [0.5, 0.6) is 0 Å². The Hall–Kier alpha value is -3.08. The minimum absolute atomic E-state index is 0.0110. The highest BCUT2D eigenvalue weighted by molar-refractivity contribution is 7.88. The van der Waals surface area contributed by atoms with Gasteiger partial charge in [-0.25, -0.2) is 27.4 Å². The number of hydrogen-bond acceptors (Lipinski definition) is 7. The number of sulfonamides is 1. The summed E-state index contributed by atoms with van der Waals surface area (Å²) in [5.41, 5.74) is 2.72. The van der Waals surface area contributed by atoms with Crippen molar-refractivity contribution in [3.8, 4) is 11.8 Å². The summed E-state index contributed by atoms with van der Waals surface area (Å²) < 4.78 is 26.6. The molecule has 0 unspecified atom stereocenters. The SMILES string of the molecule is C=NC(=NC1CCN(S(C)(=O)=O)CC1)N/C(=C(\C)C#N)c1cnn(-c2ccc(CNC(C)(C)CO)cc2Cl)c1. The number of benzene rings is 1. The fourth-order valence-corrected chi connectivity index (χ4v) is 5.13. The number of nitrogens with zero attached hydrogens (tertiary/aromatic N) is 6. The molecular formula is C26H35ClN8O3S. The number of guanidine groups is 1. The molecule has 11 nitrogen and oxygen atoms in total. The standard InChI is InChI=1S/C26H35ClN8O3S/c1-18(13-28)24(33-25(29-4)32-21-8-10-34(11-9-21)39(5,37)38)20-15-31-35(16-20)23-7-6-19(12-22(23)27)14-30-26(2,3)17-36/h6-7,12,15-16,21,30,36H,4,8-11,14,17H2,1-3,5H3,(H,32,33)/b24-18+. The van der Waals surface area contributed by atoms with Crippen LogP contribution in [-0.4, -0.2) is 77.8 Å². The minimum Gasteiger partial charge on any atom is -0.394 e. The highest BCUT2D eigenvalue weighted by Gasteiger charge is 2.25. The van der Waals surface area contributed by atoms with Gasteiger partial charge in [0.1, 0.15) is 0 Å². The summed E-state index contributed by atoms with van der Waals surface area (Å²) in [6.07, 6.45) is 5.69. The Balaban J connectivity index is 1.79. The second-order valence-electron chi connectivity index (χ2n) is 10.1. The molecule has 0 saturated carbocycles. The molecule has 1 aromatic heterocycles. The predicted octanol–water partition coefficient (Wildman–Crippen LogP) is 2.71. The molecule has 1 fully saturated rings. The molecule has 1 aliphatic heterocycles. The van der Waals surface area contributed by atoms with Gasteiger partial charge in [-0.15, -0.1) is 0 Å². The van der Waals surface area contributed by atoms with Gasteiger partial charge in [-0.05, 0) is 58.0 Å². The molecule has 1 aliphatic rings. The number of halogens is 1. The summed E-state index contributed by atoms with van der Waals surface area (Å²) in [5, 5.41) is 30.4. The van der Waals surface area contributed by atoms with E-state index in [1.54, 1.807) is 24.0 Å². The summed E-state index contributed by atoms with van der Waals surface area (Å²) in [6.45, 7) is 10.4. The summed E-state index contributed by atoms with van der Waals surface area (Å²) >= 11 is 6.58. The van der Waals surface area contributed by atoms with Crippen LogP contribution in [0.25, 0.3) is 11.4 Å². The molecule has 0 atom stereocenters. The molecule has 1 saturated heterocycles. The summed E-state index contributed by atoms with van der Waals surface area (Å²) in [5.74, 6) is 0.242. The van der Waals surface area contributed by atoms with Crippen molar-refractivity contribution in [1.29, 1.82) is 5.26 Å². The second-order valence-corrected chi connectivity index (χ2v) is 12.5. The maximum absolute atomic E-state index is 11.8. The summed E-state index contributed by atoms with van der Waals surface area (Å²) in [6, 6.07) is 7.66. The van der Waals surface area contributed by atoms with Gasteiger partial charge in [0, 0.05) is 36.9 Å². The average molecular weight is 575 g/mol. The van der Waals surface area contributed by atoms with Gasteiger partial charge < -0.3 is 15.7 Å².